The summed E-state index contributed by atoms with van der Waals surface area (Å²) in [5.41, 5.74) is 5.53. The third-order valence-corrected chi connectivity index (χ3v) is 3.68. The van der Waals surface area contributed by atoms with Crippen LogP contribution in [0.4, 0.5) is 11.6 Å². The van der Waals surface area contributed by atoms with Gasteiger partial charge < -0.3 is 11.1 Å². The summed E-state index contributed by atoms with van der Waals surface area (Å²) in [5, 5.41) is 11.4. The van der Waals surface area contributed by atoms with E-state index in [9.17, 15) is 0 Å². The van der Waals surface area contributed by atoms with Gasteiger partial charge in [-0.3, -0.25) is 0 Å². The monoisotopic (exact) mass is 234 g/mol. The highest BCUT2D eigenvalue weighted by Crippen LogP contribution is 2.29. The molecular formula is C13H22N4. The first-order valence-electron chi connectivity index (χ1n) is 6.65. The number of hydrogen-bond donors (Lipinski definition) is 2. The first-order chi connectivity index (χ1) is 8.29. The van der Waals surface area contributed by atoms with Crippen LogP contribution in [-0.4, -0.2) is 16.2 Å². The van der Waals surface area contributed by atoms with Gasteiger partial charge in [-0.1, -0.05) is 26.2 Å². The van der Waals surface area contributed by atoms with Crippen LogP contribution in [0.1, 0.15) is 45.4 Å². The third kappa shape index (κ3) is 3.32. The molecule has 0 spiro atoms. The molecular weight excluding hydrogens is 212 g/mol. The summed E-state index contributed by atoms with van der Waals surface area (Å²) in [5.74, 6) is 2.10. The molecule has 0 bridgehead atoms. The second-order valence-electron chi connectivity index (χ2n) is 4.90. The van der Waals surface area contributed by atoms with Gasteiger partial charge in [0, 0.05) is 6.04 Å². The molecule has 0 saturated heterocycles. The van der Waals surface area contributed by atoms with Crippen molar-refractivity contribution in [1.82, 2.24) is 10.2 Å². The molecule has 17 heavy (non-hydrogen) atoms. The van der Waals surface area contributed by atoms with E-state index < -0.39 is 0 Å². The molecule has 1 saturated carbocycles. The predicted molar refractivity (Wildman–Crippen MR) is 70.7 cm³/mol. The minimum absolute atomic E-state index is 0.473. The van der Waals surface area contributed by atoms with Crippen molar-refractivity contribution in [2.24, 2.45) is 5.92 Å². The van der Waals surface area contributed by atoms with Crippen molar-refractivity contribution < 1.29 is 0 Å². The highest BCUT2D eigenvalue weighted by molar-refractivity contribution is 5.39. The molecule has 1 aromatic rings. The van der Waals surface area contributed by atoms with Crippen molar-refractivity contribution in [3.63, 3.8) is 0 Å². The summed E-state index contributed by atoms with van der Waals surface area (Å²) >= 11 is 0. The fourth-order valence-electron chi connectivity index (χ4n) is 2.70. The fourth-order valence-corrected chi connectivity index (χ4v) is 2.70. The van der Waals surface area contributed by atoms with E-state index in [0.29, 0.717) is 11.9 Å². The molecule has 1 unspecified atom stereocenters. The molecule has 1 aliphatic rings. The maximum absolute atomic E-state index is 5.53. The number of aromatic nitrogens is 2. The standard InChI is InChI=1S/C13H22N4/c1-2-11(10-6-4-3-5-7-10)15-13-9-8-12(14)16-17-13/h8-11H,2-7H2,1H3,(H2,14,16)(H,15,17). The number of nitrogens with two attached hydrogens (primary N) is 1. The third-order valence-electron chi connectivity index (χ3n) is 3.68. The van der Waals surface area contributed by atoms with E-state index in [-0.39, 0.29) is 0 Å². The van der Waals surface area contributed by atoms with Crippen LogP contribution in [0.25, 0.3) is 0 Å². The van der Waals surface area contributed by atoms with Crippen LogP contribution in [0, 0.1) is 5.92 Å². The highest BCUT2D eigenvalue weighted by Gasteiger charge is 2.22. The predicted octanol–water partition coefficient (Wildman–Crippen LogP) is 2.83. The van der Waals surface area contributed by atoms with E-state index >= 15 is 0 Å². The Morgan fingerprint density at radius 2 is 2.06 bits per heavy atom. The van der Waals surface area contributed by atoms with Crippen molar-refractivity contribution >= 4 is 11.6 Å². The molecule has 0 aliphatic heterocycles. The average Bonchev–Trinajstić information content (AvgIpc) is 2.39. The number of nitrogens with zero attached hydrogens (tertiary/aromatic N) is 2. The normalized spacial score (nSPS) is 18.9. The first-order valence-corrected chi connectivity index (χ1v) is 6.65. The van der Waals surface area contributed by atoms with Crippen molar-refractivity contribution in [2.75, 3.05) is 11.1 Å². The largest absolute Gasteiger partial charge is 0.382 e. The zero-order valence-electron chi connectivity index (χ0n) is 10.5. The molecule has 1 aliphatic carbocycles. The maximum atomic E-state index is 5.53. The molecule has 4 nitrogen and oxygen atoms in total. The second-order valence-corrected chi connectivity index (χ2v) is 4.90. The van der Waals surface area contributed by atoms with Gasteiger partial charge in [0.15, 0.2) is 0 Å². The lowest BCUT2D eigenvalue weighted by Gasteiger charge is -2.30. The van der Waals surface area contributed by atoms with Crippen molar-refractivity contribution in [3.05, 3.63) is 12.1 Å². The van der Waals surface area contributed by atoms with E-state index in [1.807, 2.05) is 6.07 Å². The molecule has 2 rings (SSSR count). The maximum Gasteiger partial charge on any atom is 0.149 e. The minimum Gasteiger partial charge on any atom is -0.382 e. The summed E-state index contributed by atoms with van der Waals surface area (Å²) < 4.78 is 0. The zero-order valence-corrected chi connectivity index (χ0v) is 10.5. The summed E-state index contributed by atoms with van der Waals surface area (Å²) in [6.45, 7) is 2.23. The topological polar surface area (TPSA) is 63.8 Å². The SMILES string of the molecule is CCC(Nc1ccc(N)nn1)C1CCCCC1. The number of nitrogens with one attached hydrogen (secondary N) is 1. The Hall–Kier alpha value is -1.32. The smallest absolute Gasteiger partial charge is 0.149 e. The molecule has 4 heteroatoms. The van der Waals surface area contributed by atoms with Gasteiger partial charge in [-0.2, -0.15) is 0 Å². The van der Waals surface area contributed by atoms with Crippen molar-refractivity contribution in [1.29, 1.82) is 0 Å². The second kappa shape index (κ2) is 5.84. The van der Waals surface area contributed by atoms with Gasteiger partial charge in [-0.05, 0) is 37.3 Å². The summed E-state index contributed by atoms with van der Waals surface area (Å²) in [4.78, 5) is 0. The number of nitrogen functional groups attached to an aromatic ring is 1. The Kier molecular flexibility index (Phi) is 4.18. The molecule has 0 aromatic carbocycles. The van der Waals surface area contributed by atoms with E-state index in [2.05, 4.69) is 22.4 Å². The molecule has 1 heterocycles. The summed E-state index contributed by atoms with van der Waals surface area (Å²) in [6, 6.07) is 4.23. The van der Waals surface area contributed by atoms with E-state index in [1.54, 1.807) is 6.07 Å². The molecule has 3 N–H and O–H groups in total. The van der Waals surface area contributed by atoms with E-state index in [4.69, 9.17) is 5.73 Å². The van der Waals surface area contributed by atoms with Crippen LogP contribution in [0.2, 0.25) is 0 Å². The molecule has 94 valence electrons. The van der Waals surface area contributed by atoms with Gasteiger partial charge in [0.1, 0.15) is 11.6 Å². The van der Waals surface area contributed by atoms with E-state index in [0.717, 1.165) is 18.2 Å². The number of hydrogen-bond acceptors (Lipinski definition) is 4. The Labute approximate surface area is 103 Å². The van der Waals surface area contributed by atoms with Gasteiger partial charge in [-0.15, -0.1) is 10.2 Å². The van der Waals surface area contributed by atoms with Gasteiger partial charge >= 0.3 is 0 Å². The van der Waals surface area contributed by atoms with Crippen LogP contribution < -0.4 is 11.1 Å². The Morgan fingerprint density at radius 3 is 2.65 bits per heavy atom. The van der Waals surface area contributed by atoms with Crippen LogP contribution >= 0.6 is 0 Å². The van der Waals surface area contributed by atoms with Crippen LogP contribution in [0.15, 0.2) is 12.1 Å². The molecule has 1 atom stereocenters. The van der Waals surface area contributed by atoms with Crippen molar-refractivity contribution in [2.45, 2.75) is 51.5 Å². The minimum atomic E-state index is 0.473. The van der Waals surface area contributed by atoms with Crippen molar-refractivity contribution in [3.8, 4) is 0 Å². The van der Waals surface area contributed by atoms with Crippen LogP contribution in [0.5, 0.6) is 0 Å². The fraction of sp³-hybridized carbons (Fsp3) is 0.692. The number of anilines is 2. The summed E-state index contributed by atoms with van der Waals surface area (Å²) in [6.07, 6.45) is 7.96. The lowest BCUT2D eigenvalue weighted by Crippen LogP contribution is -2.30. The lowest BCUT2D eigenvalue weighted by atomic mass is 9.83. The molecule has 1 aromatic heterocycles. The molecule has 1 fully saturated rings. The number of rotatable bonds is 4. The highest BCUT2D eigenvalue weighted by atomic mass is 15.2. The Morgan fingerprint density at radius 1 is 1.29 bits per heavy atom. The lowest BCUT2D eigenvalue weighted by molar-refractivity contribution is 0.312. The average molecular weight is 234 g/mol. The van der Waals surface area contributed by atoms with Crippen LogP contribution in [-0.2, 0) is 0 Å². The van der Waals surface area contributed by atoms with Gasteiger partial charge in [0.05, 0.1) is 0 Å². The quantitative estimate of drug-likeness (QED) is 0.840. The van der Waals surface area contributed by atoms with Gasteiger partial charge in [0.25, 0.3) is 0 Å². The molecule has 0 amide bonds. The van der Waals surface area contributed by atoms with Gasteiger partial charge in [-0.25, -0.2) is 0 Å². The summed E-state index contributed by atoms with van der Waals surface area (Å²) in [7, 11) is 0. The zero-order chi connectivity index (χ0) is 12.1. The van der Waals surface area contributed by atoms with Crippen LogP contribution in [0.3, 0.4) is 0 Å². The molecule has 0 radical (unpaired) electrons. The first kappa shape index (κ1) is 12.1. The Bertz CT molecular complexity index is 330. The van der Waals surface area contributed by atoms with Gasteiger partial charge in [0.2, 0.25) is 0 Å². The Balaban J connectivity index is 1.96. The van der Waals surface area contributed by atoms with E-state index in [1.165, 1.54) is 32.1 Å².